The number of carbonyl (C=O) groups excluding carboxylic acids is 2. The van der Waals surface area contributed by atoms with Crippen molar-refractivity contribution in [3.63, 3.8) is 0 Å². The number of likely N-dealkylation sites (N-methyl/N-ethyl adjacent to an activating group) is 1. The number of nitrogens with one attached hydrogen (secondary N) is 2. The van der Waals surface area contributed by atoms with Crippen molar-refractivity contribution >= 4 is 11.9 Å². The van der Waals surface area contributed by atoms with Crippen LogP contribution in [0.5, 0.6) is 0 Å². The minimum Gasteiger partial charge on any atom is -0.465 e. The van der Waals surface area contributed by atoms with E-state index in [1.165, 1.54) is 7.05 Å². The van der Waals surface area contributed by atoms with Gasteiger partial charge in [-0.05, 0) is 6.92 Å². The van der Waals surface area contributed by atoms with Crippen molar-refractivity contribution in [3.05, 3.63) is 32.6 Å². The van der Waals surface area contributed by atoms with Crippen molar-refractivity contribution < 1.29 is 14.3 Å². The molecule has 18 heavy (non-hydrogen) atoms. The molecule has 1 aromatic rings. The molecule has 0 unspecified atom stereocenters. The number of aromatic amines is 2. The average molecular weight is 255 g/mol. The zero-order valence-corrected chi connectivity index (χ0v) is 9.98. The van der Waals surface area contributed by atoms with Gasteiger partial charge in [0.1, 0.15) is 12.2 Å². The molecule has 0 aliphatic rings. The molecule has 0 bridgehead atoms. The molecule has 1 rings (SSSR count). The molecule has 0 aromatic carbocycles. The number of H-pyrrole nitrogens is 2. The van der Waals surface area contributed by atoms with Crippen molar-refractivity contribution in [2.24, 2.45) is 0 Å². The van der Waals surface area contributed by atoms with Gasteiger partial charge >= 0.3 is 11.7 Å². The number of ether oxygens (including phenoxy) is 1. The molecule has 0 aliphatic carbocycles. The highest BCUT2D eigenvalue weighted by Crippen LogP contribution is 1.95. The van der Waals surface area contributed by atoms with Crippen LogP contribution in [-0.2, 0) is 9.53 Å². The molecule has 0 aliphatic heterocycles. The molecule has 98 valence electrons. The van der Waals surface area contributed by atoms with E-state index in [-0.39, 0.29) is 18.8 Å². The van der Waals surface area contributed by atoms with Crippen molar-refractivity contribution in [2.45, 2.75) is 6.92 Å². The summed E-state index contributed by atoms with van der Waals surface area (Å²) in [7, 11) is 1.36. The lowest BCUT2D eigenvalue weighted by atomic mass is 10.3. The van der Waals surface area contributed by atoms with Crippen LogP contribution in [0.3, 0.4) is 0 Å². The third-order valence-electron chi connectivity index (χ3n) is 2.01. The van der Waals surface area contributed by atoms with Crippen LogP contribution < -0.4 is 11.2 Å². The van der Waals surface area contributed by atoms with E-state index in [0.717, 1.165) is 11.0 Å². The molecule has 0 spiro atoms. The van der Waals surface area contributed by atoms with E-state index in [9.17, 15) is 19.2 Å². The van der Waals surface area contributed by atoms with E-state index in [1.54, 1.807) is 6.92 Å². The van der Waals surface area contributed by atoms with E-state index >= 15 is 0 Å². The van der Waals surface area contributed by atoms with Gasteiger partial charge < -0.3 is 14.6 Å². The normalized spacial score (nSPS) is 9.89. The van der Waals surface area contributed by atoms with Crippen molar-refractivity contribution in [2.75, 3.05) is 20.2 Å². The van der Waals surface area contributed by atoms with Gasteiger partial charge in [0.15, 0.2) is 0 Å². The SMILES string of the molecule is CCOC(=O)CN(C)C(=O)c1cc(=O)[nH]c(=O)[nH]1. The van der Waals surface area contributed by atoms with Gasteiger partial charge in [0, 0.05) is 13.1 Å². The van der Waals surface area contributed by atoms with Gasteiger partial charge in [0.05, 0.1) is 6.61 Å². The summed E-state index contributed by atoms with van der Waals surface area (Å²) in [6.07, 6.45) is 0. The molecule has 0 atom stereocenters. The third-order valence-corrected chi connectivity index (χ3v) is 2.01. The Hall–Kier alpha value is -2.38. The molecule has 0 saturated carbocycles. The Kier molecular flexibility index (Phi) is 4.41. The van der Waals surface area contributed by atoms with Crippen LogP contribution in [0.1, 0.15) is 17.4 Å². The van der Waals surface area contributed by atoms with Gasteiger partial charge in [0.25, 0.3) is 11.5 Å². The van der Waals surface area contributed by atoms with Crippen LogP contribution in [0, 0.1) is 0 Å². The van der Waals surface area contributed by atoms with Crippen molar-refractivity contribution in [1.82, 2.24) is 14.9 Å². The largest absolute Gasteiger partial charge is 0.465 e. The van der Waals surface area contributed by atoms with Crippen LogP contribution in [-0.4, -0.2) is 46.9 Å². The quantitative estimate of drug-likeness (QED) is 0.649. The predicted molar refractivity (Wildman–Crippen MR) is 61.3 cm³/mol. The maximum absolute atomic E-state index is 11.8. The van der Waals surface area contributed by atoms with Crippen LogP contribution in [0.2, 0.25) is 0 Å². The number of amides is 1. The average Bonchev–Trinajstić information content (AvgIpc) is 2.26. The second-order valence-electron chi connectivity index (χ2n) is 3.47. The zero-order valence-electron chi connectivity index (χ0n) is 9.98. The fourth-order valence-corrected chi connectivity index (χ4v) is 1.26. The lowest BCUT2D eigenvalue weighted by molar-refractivity contribution is -0.143. The molecular formula is C10H13N3O5. The Morgan fingerprint density at radius 2 is 2.00 bits per heavy atom. The molecule has 2 N–H and O–H groups in total. The van der Waals surface area contributed by atoms with E-state index in [1.807, 2.05) is 4.98 Å². The number of aromatic nitrogens is 2. The van der Waals surface area contributed by atoms with Gasteiger partial charge in [-0.2, -0.15) is 0 Å². The maximum Gasteiger partial charge on any atom is 0.326 e. The molecule has 1 amide bonds. The summed E-state index contributed by atoms with van der Waals surface area (Å²) in [4.78, 5) is 50.1. The number of nitrogens with zero attached hydrogens (tertiary/aromatic N) is 1. The van der Waals surface area contributed by atoms with E-state index in [0.29, 0.717) is 0 Å². The highest BCUT2D eigenvalue weighted by molar-refractivity contribution is 5.93. The van der Waals surface area contributed by atoms with Gasteiger partial charge in [0.2, 0.25) is 0 Å². The highest BCUT2D eigenvalue weighted by Gasteiger charge is 2.16. The lowest BCUT2D eigenvalue weighted by Crippen LogP contribution is -2.36. The first kappa shape index (κ1) is 13.7. The standard InChI is InChI=1S/C10H13N3O5/c1-3-18-8(15)5-13(2)9(16)6-4-7(14)12-10(17)11-6/h4H,3,5H2,1-2H3,(H2,11,12,14,17). The Labute approximate surface area is 102 Å². The van der Waals surface area contributed by atoms with Gasteiger partial charge in [-0.15, -0.1) is 0 Å². The first-order valence-corrected chi connectivity index (χ1v) is 5.18. The molecule has 8 nitrogen and oxygen atoms in total. The Morgan fingerprint density at radius 3 is 2.56 bits per heavy atom. The summed E-state index contributed by atoms with van der Waals surface area (Å²) >= 11 is 0. The summed E-state index contributed by atoms with van der Waals surface area (Å²) < 4.78 is 4.67. The van der Waals surface area contributed by atoms with Crippen LogP contribution in [0.15, 0.2) is 15.7 Å². The molecule has 1 aromatic heterocycles. The first-order chi connectivity index (χ1) is 8.43. The number of esters is 1. The maximum atomic E-state index is 11.8. The fourth-order valence-electron chi connectivity index (χ4n) is 1.26. The van der Waals surface area contributed by atoms with Crippen LogP contribution in [0.25, 0.3) is 0 Å². The summed E-state index contributed by atoms with van der Waals surface area (Å²) in [5, 5.41) is 0. The zero-order chi connectivity index (χ0) is 13.7. The second-order valence-corrected chi connectivity index (χ2v) is 3.47. The Balaban J connectivity index is 2.83. The molecule has 0 fully saturated rings. The molecule has 8 heteroatoms. The highest BCUT2D eigenvalue weighted by atomic mass is 16.5. The predicted octanol–water partition coefficient (Wildman–Crippen LogP) is -1.30. The van der Waals surface area contributed by atoms with Crippen molar-refractivity contribution in [3.8, 4) is 0 Å². The number of hydrogen-bond donors (Lipinski definition) is 2. The molecule has 0 saturated heterocycles. The third kappa shape index (κ3) is 3.58. The topological polar surface area (TPSA) is 112 Å². The summed E-state index contributed by atoms with van der Waals surface area (Å²) in [6.45, 7) is 1.60. The molecule has 0 radical (unpaired) electrons. The van der Waals surface area contributed by atoms with Crippen LogP contribution >= 0.6 is 0 Å². The minimum absolute atomic E-state index is 0.185. The molecule has 1 heterocycles. The number of hydrogen-bond acceptors (Lipinski definition) is 5. The number of carbonyl (C=O) groups is 2. The lowest BCUT2D eigenvalue weighted by Gasteiger charge is -2.15. The Morgan fingerprint density at radius 1 is 1.33 bits per heavy atom. The van der Waals surface area contributed by atoms with E-state index in [2.05, 4.69) is 9.72 Å². The first-order valence-electron chi connectivity index (χ1n) is 5.18. The van der Waals surface area contributed by atoms with Crippen molar-refractivity contribution in [1.29, 1.82) is 0 Å². The fraction of sp³-hybridized carbons (Fsp3) is 0.400. The second kappa shape index (κ2) is 5.80. The molecular weight excluding hydrogens is 242 g/mol. The number of rotatable bonds is 4. The van der Waals surface area contributed by atoms with Gasteiger partial charge in [-0.1, -0.05) is 0 Å². The monoisotopic (exact) mass is 255 g/mol. The smallest absolute Gasteiger partial charge is 0.326 e. The summed E-state index contributed by atoms with van der Waals surface area (Å²) in [5.41, 5.74) is -1.66. The van der Waals surface area contributed by atoms with E-state index < -0.39 is 23.1 Å². The summed E-state index contributed by atoms with van der Waals surface area (Å²) in [6, 6.07) is 0.950. The van der Waals surface area contributed by atoms with Crippen LogP contribution in [0.4, 0.5) is 0 Å². The van der Waals surface area contributed by atoms with Gasteiger partial charge in [-0.25, -0.2) is 4.79 Å². The van der Waals surface area contributed by atoms with E-state index in [4.69, 9.17) is 0 Å². The summed E-state index contributed by atoms with van der Waals surface area (Å²) in [5.74, 6) is -1.22. The van der Waals surface area contributed by atoms with Gasteiger partial charge in [-0.3, -0.25) is 19.4 Å². The Bertz CT molecular complexity index is 531. The minimum atomic E-state index is -0.782.